The fourth-order valence-electron chi connectivity index (χ4n) is 2.00. The van der Waals surface area contributed by atoms with Crippen molar-refractivity contribution in [1.82, 2.24) is 0 Å². The van der Waals surface area contributed by atoms with Gasteiger partial charge in [-0.1, -0.05) is 28.1 Å². The zero-order valence-corrected chi connectivity index (χ0v) is 11.6. The van der Waals surface area contributed by atoms with Crippen molar-refractivity contribution < 1.29 is 0 Å². The summed E-state index contributed by atoms with van der Waals surface area (Å²) in [5.41, 5.74) is 13.1. The van der Waals surface area contributed by atoms with Gasteiger partial charge in [0.05, 0.1) is 0 Å². The smallest absolute Gasteiger partial charge is 0.0175 e. The van der Waals surface area contributed by atoms with Gasteiger partial charge in [0.2, 0.25) is 0 Å². The minimum atomic E-state index is 0.215. The highest BCUT2D eigenvalue weighted by atomic mass is 79.9. The molecule has 0 aliphatic rings. The second kappa shape index (κ2) is 6.38. The molecule has 0 spiro atoms. The minimum Gasteiger partial charge on any atom is -0.328 e. The van der Waals surface area contributed by atoms with Crippen LogP contribution in [0.25, 0.3) is 0 Å². The summed E-state index contributed by atoms with van der Waals surface area (Å²) in [4.78, 5) is 0. The summed E-state index contributed by atoms with van der Waals surface area (Å²) in [5.74, 6) is 0.466. The summed E-state index contributed by atoms with van der Waals surface area (Å²) in [7, 11) is 0. The molecule has 0 aliphatic heterocycles. The fourth-order valence-corrected chi connectivity index (χ4v) is 2.27. The van der Waals surface area contributed by atoms with Crippen molar-refractivity contribution in [2.45, 2.75) is 44.7 Å². The van der Waals surface area contributed by atoms with Gasteiger partial charge in [0.25, 0.3) is 0 Å². The van der Waals surface area contributed by atoms with Gasteiger partial charge in [-0.05, 0) is 50.3 Å². The highest BCUT2D eigenvalue weighted by Gasteiger charge is 2.15. The zero-order valence-electron chi connectivity index (χ0n) is 9.99. The average molecular weight is 285 g/mol. The van der Waals surface area contributed by atoms with Crippen LogP contribution in [0.2, 0.25) is 0 Å². The van der Waals surface area contributed by atoms with Gasteiger partial charge in [-0.3, -0.25) is 0 Å². The van der Waals surface area contributed by atoms with E-state index in [4.69, 9.17) is 11.5 Å². The first-order valence-electron chi connectivity index (χ1n) is 5.75. The van der Waals surface area contributed by atoms with Gasteiger partial charge in [0.1, 0.15) is 0 Å². The number of nitrogens with two attached hydrogens (primary N) is 2. The number of benzene rings is 1. The van der Waals surface area contributed by atoms with E-state index < -0.39 is 0 Å². The van der Waals surface area contributed by atoms with E-state index in [9.17, 15) is 0 Å². The lowest BCUT2D eigenvalue weighted by molar-refractivity contribution is 0.486. The maximum absolute atomic E-state index is 5.89. The predicted molar refractivity (Wildman–Crippen MR) is 73.4 cm³/mol. The van der Waals surface area contributed by atoms with Gasteiger partial charge >= 0.3 is 0 Å². The van der Waals surface area contributed by atoms with E-state index in [0.29, 0.717) is 5.92 Å². The zero-order chi connectivity index (χ0) is 12.1. The predicted octanol–water partition coefficient (Wildman–Crippen LogP) is 3.01. The standard InChI is InChI=1S/C13H21BrN2/c1-9(15)7-12(8-10(2)16)11-3-5-13(14)6-4-11/h3-6,9-10,12H,7-8,15-16H2,1-2H3. The van der Waals surface area contributed by atoms with Crippen LogP contribution in [0.5, 0.6) is 0 Å². The number of rotatable bonds is 5. The topological polar surface area (TPSA) is 52.0 Å². The molecular weight excluding hydrogens is 264 g/mol. The minimum absolute atomic E-state index is 0.215. The number of hydrogen-bond acceptors (Lipinski definition) is 2. The molecule has 90 valence electrons. The van der Waals surface area contributed by atoms with Crippen LogP contribution in [-0.4, -0.2) is 12.1 Å². The summed E-state index contributed by atoms with van der Waals surface area (Å²) in [5, 5.41) is 0. The second-order valence-electron chi connectivity index (χ2n) is 4.67. The Labute approximate surface area is 107 Å². The van der Waals surface area contributed by atoms with Crippen LogP contribution in [-0.2, 0) is 0 Å². The second-order valence-corrected chi connectivity index (χ2v) is 5.59. The molecular formula is C13H21BrN2. The Morgan fingerprint density at radius 3 is 1.81 bits per heavy atom. The molecule has 1 aromatic rings. The maximum atomic E-state index is 5.89. The third-order valence-corrected chi connectivity index (χ3v) is 3.18. The maximum Gasteiger partial charge on any atom is 0.0175 e. The summed E-state index contributed by atoms with van der Waals surface area (Å²) in [6.07, 6.45) is 1.98. The van der Waals surface area contributed by atoms with Crippen LogP contribution < -0.4 is 11.5 Å². The Morgan fingerprint density at radius 1 is 1.00 bits per heavy atom. The van der Waals surface area contributed by atoms with Gasteiger partial charge < -0.3 is 11.5 Å². The molecule has 0 radical (unpaired) electrons. The first-order valence-corrected chi connectivity index (χ1v) is 6.55. The van der Waals surface area contributed by atoms with E-state index in [0.717, 1.165) is 17.3 Å². The van der Waals surface area contributed by atoms with Crippen molar-refractivity contribution in [2.24, 2.45) is 11.5 Å². The third-order valence-electron chi connectivity index (χ3n) is 2.65. The Bertz CT molecular complexity index is 296. The van der Waals surface area contributed by atoms with Crippen molar-refractivity contribution >= 4 is 15.9 Å². The van der Waals surface area contributed by atoms with Crippen molar-refractivity contribution in [3.05, 3.63) is 34.3 Å². The van der Waals surface area contributed by atoms with Crippen molar-refractivity contribution in [3.8, 4) is 0 Å². The van der Waals surface area contributed by atoms with Gasteiger partial charge in [-0.15, -0.1) is 0 Å². The Kier molecular flexibility index (Phi) is 5.46. The lowest BCUT2D eigenvalue weighted by atomic mass is 9.88. The molecule has 0 aromatic heterocycles. The van der Waals surface area contributed by atoms with Crippen molar-refractivity contribution in [1.29, 1.82) is 0 Å². The highest BCUT2D eigenvalue weighted by Crippen LogP contribution is 2.26. The molecule has 0 fully saturated rings. The van der Waals surface area contributed by atoms with E-state index in [-0.39, 0.29) is 12.1 Å². The van der Waals surface area contributed by atoms with Gasteiger partial charge in [0, 0.05) is 16.6 Å². The monoisotopic (exact) mass is 284 g/mol. The van der Waals surface area contributed by atoms with E-state index in [1.54, 1.807) is 0 Å². The summed E-state index contributed by atoms with van der Waals surface area (Å²) < 4.78 is 1.11. The molecule has 3 heteroatoms. The Morgan fingerprint density at radius 2 is 1.44 bits per heavy atom. The molecule has 0 saturated heterocycles. The summed E-state index contributed by atoms with van der Waals surface area (Å²) in [6, 6.07) is 8.88. The molecule has 0 amide bonds. The molecule has 1 aromatic carbocycles. The molecule has 1 rings (SSSR count). The highest BCUT2D eigenvalue weighted by molar-refractivity contribution is 9.10. The van der Waals surface area contributed by atoms with E-state index in [2.05, 4.69) is 40.2 Å². The van der Waals surface area contributed by atoms with Crippen LogP contribution in [0.4, 0.5) is 0 Å². The average Bonchev–Trinajstić information content (AvgIpc) is 2.16. The van der Waals surface area contributed by atoms with Crippen molar-refractivity contribution in [3.63, 3.8) is 0 Å². The molecule has 4 N–H and O–H groups in total. The Balaban J connectivity index is 2.78. The summed E-state index contributed by atoms with van der Waals surface area (Å²) >= 11 is 3.45. The lowest BCUT2D eigenvalue weighted by Gasteiger charge is -2.21. The first kappa shape index (κ1) is 13.7. The Hall–Kier alpha value is -0.380. The van der Waals surface area contributed by atoms with E-state index >= 15 is 0 Å². The molecule has 0 bridgehead atoms. The van der Waals surface area contributed by atoms with Crippen LogP contribution >= 0.6 is 15.9 Å². The molecule has 0 aliphatic carbocycles. The number of hydrogen-bond donors (Lipinski definition) is 2. The van der Waals surface area contributed by atoms with Crippen LogP contribution in [0, 0.1) is 0 Å². The third kappa shape index (κ3) is 4.64. The molecule has 2 nitrogen and oxygen atoms in total. The first-order chi connectivity index (χ1) is 7.49. The largest absolute Gasteiger partial charge is 0.328 e. The molecule has 2 unspecified atom stereocenters. The quantitative estimate of drug-likeness (QED) is 0.873. The van der Waals surface area contributed by atoms with Crippen LogP contribution in [0.1, 0.15) is 38.2 Å². The fraction of sp³-hybridized carbons (Fsp3) is 0.538. The van der Waals surface area contributed by atoms with Gasteiger partial charge in [-0.25, -0.2) is 0 Å². The molecule has 0 saturated carbocycles. The molecule has 2 atom stereocenters. The molecule has 16 heavy (non-hydrogen) atoms. The van der Waals surface area contributed by atoms with Crippen LogP contribution in [0.15, 0.2) is 28.7 Å². The summed E-state index contributed by atoms with van der Waals surface area (Å²) in [6.45, 7) is 4.10. The van der Waals surface area contributed by atoms with Crippen LogP contribution in [0.3, 0.4) is 0 Å². The normalized spacial score (nSPS) is 16.8. The van der Waals surface area contributed by atoms with E-state index in [1.165, 1.54) is 5.56 Å². The van der Waals surface area contributed by atoms with Gasteiger partial charge in [-0.2, -0.15) is 0 Å². The molecule has 0 heterocycles. The lowest BCUT2D eigenvalue weighted by Crippen LogP contribution is -2.24. The van der Waals surface area contributed by atoms with Crippen molar-refractivity contribution in [2.75, 3.05) is 0 Å². The van der Waals surface area contributed by atoms with Gasteiger partial charge in [0.15, 0.2) is 0 Å². The SMILES string of the molecule is CC(N)CC(CC(C)N)c1ccc(Br)cc1. The number of halogens is 1. The van der Waals surface area contributed by atoms with E-state index in [1.807, 2.05) is 13.8 Å².